The molecule has 1 fully saturated rings. The molecule has 196 valence electrons. The van der Waals surface area contributed by atoms with Crippen molar-refractivity contribution in [3.8, 4) is 0 Å². The van der Waals surface area contributed by atoms with Crippen LogP contribution in [-0.4, -0.2) is 53.2 Å². The minimum atomic E-state index is -0.552. The minimum Gasteiger partial charge on any atom is -0.459 e. The molecule has 2 aromatic heterocycles. The maximum Gasteiger partial charge on any atom is 0.412 e. The normalized spacial score (nSPS) is 14.8. The number of benzene rings is 1. The summed E-state index contributed by atoms with van der Waals surface area (Å²) in [7, 11) is 0. The van der Waals surface area contributed by atoms with Crippen LogP contribution in [-0.2, 0) is 11.2 Å². The number of rotatable bonds is 7. The second-order valence-electron chi connectivity index (χ2n) is 10.5. The molecule has 1 aliphatic heterocycles. The molecule has 8 nitrogen and oxygen atoms in total. The van der Waals surface area contributed by atoms with Gasteiger partial charge in [-0.25, -0.2) is 9.78 Å². The van der Waals surface area contributed by atoms with Crippen molar-refractivity contribution in [1.82, 2.24) is 9.88 Å². The van der Waals surface area contributed by atoms with Crippen LogP contribution in [0, 0.1) is 6.92 Å². The van der Waals surface area contributed by atoms with Crippen molar-refractivity contribution in [2.24, 2.45) is 0 Å². The summed E-state index contributed by atoms with van der Waals surface area (Å²) in [5, 5.41) is 2.89. The average Bonchev–Trinajstić information content (AvgIpc) is 3.40. The van der Waals surface area contributed by atoms with E-state index in [2.05, 4.69) is 15.2 Å². The highest BCUT2D eigenvalue weighted by molar-refractivity contribution is 6.04. The van der Waals surface area contributed by atoms with Crippen molar-refractivity contribution in [3.05, 3.63) is 77.9 Å². The van der Waals surface area contributed by atoms with E-state index in [0.717, 1.165) is 55.7 Å². The van der Waals surface area contributed by atoms with Gasteiger partial charge in [-0.15, -0.1) is 0 Å². The van der Waals surface area contributed by atoms with Crippen molar-refractivity contribution >= 4 is 23.5 Å². The number of likely N-dealkylation sites (tertiary alicyclic amines) is 1. The van der Waals surface area contributed by atoms with Gasteiger partial charge in [-0.1, -0.05) is 24.3 Å². The number of carbonyl (C=O) groups excluding carboxylic acids is 2. The maximum absolute atomic E-state index is 13.3. The molecule has 2 amide bonds. The Morgan fingerprint density at radius 3 is 2.51 bits per heavy atom. The van der Waals surface area contributed by atoms with E-state index in [9.17, 15) is 9.59 Å². The molecule has 0 unspecified atom stereocenters. The van der Waals surface area contributed by atoms with E-state index in [0.29, 0.717) is 11.6 Å². The number of para-hydroxylation sites is 1. The first-order chi connectivity index (χ1) is 17.7. The third-order valence-corrected chi connectivity index (χ3v) is 6.37. The maximum atomic E-state index is 13.3. The molecule has 3 aromatic rings. The Bertz CT molecular complexity index is 1180. The van der Waals surface area contributed by atoms with Gasteiger partial charge >= 0.3 is 6.09 Å². The quantitative estimate of drug-likeness (QED) is 0.445. The first kappa shape index (κ1) is 26.4. The lowest BCUT2D eigenvalue weighted by Crippen LogP contribution is -2.48. The molecular weight excluding hydrogens is 468 g/mol. The zero-order chi connectivity index (χ0) is 26.4. The molecule has 0 atom stereocenters. The highest BCUT2D eigenvalue weighted by Crippen LogP contribution is 2.26. The number of hydrogen-bond acceptors (Lipinski definition) is 6. The van der Waals surface area contributed by atoms with Crippen LogP contribution in [0.15, 0.2) is 65.4 Å². The molecule has 3 heterocycles. The van der Waals surface area contributed by atoms with E-state index in [1.165, 1.54) is 6.26 Å². The van der Waals surface area contributed by atoms with Gasteiger partial charge in [0.1, 0.15) is 11.4 Å². The number of hydrogen-bond donors (Lipinski definition) is 1. The van der Waals surface area contributed by atoms with Crippen molar-refractivity contribution < 1.29 is 18.7 Å². The number of furan rings is 1. The van der Waals surface area contributed by atoms with Gasteiger partial charge in [0.25, 0.3) is 5.91 Å². The van der Waals surface area contributed by atoms with Gasteiger partial charge in [-0.3, -0.25) is 15.0 Å². The molecule has 0 saturated carbocycles. The van der Waals surface area contributed by atoms with E-state index in [-0.39, 0.29) is 11.9 Å². The molecule has 0 spiro atoms. The number of amides is 2. The second kappa shape index (κ2) is 11.6. The fourth-order valence-corrected chi connectivity index (χ4v) is 4.53. The number of nitrogens with zero attached hydrogens (tertiary/aromatic N) is 3. The molecule has 0 bridgehead atoms. The SMILES string of the molecule is Cc1ccc(N(C(=O)c2ccco2)C2CCN(CCc3ccccc3NC(=O)OC(C)(C)C)CC2)nc1. The van der Waals surface area contributed by atoms with Crippen LogP contribution in [0.25, 0.3) is 0 Å². The lowest BCUT2D eigenvalue weighted by atomic mass is 10.0. The molecule has 1 aliphatic rings. The highest BCUT2D eigenvalue weighted by atomic mass is 16.6. The second-order valence-corrected chi connectivity index (χ2v) is 10.5. The monoisotopic (exact) mass is 504 g/mol. The van der Waals surface area contributed by atoms with Gasteiger partial charge < -0.3 is 14.1 Å². The first-order valence-corrected chi connectivity index (χ1v) is 12.8. The summed E-state index contributed by atoms with van der Waals surface area (Å²) >= 11 is 0. The van der Waals surface area contributed by atoms with Gasteiger partial charge in [-0.05, 0) is 82.3 Å². The predicted molar refractivity (Wildman–Crippen MR) is 144 cm³/mol. The van der Waals surface area contributed by atoms with Crippen molar-refractivity contribution in [1.29, 1.82) is 0 Å². The van der Waals surface area contributed by atoms with Crippen LogP contribution in [0.3, 0.4) is 0 Å². The smallest absolute Gasteiger partial charge is 0.412 e. The molecule has 8 heteroatoms. The minimum absolute atomic E-state index is 0.0326. The number of aryl methyl sites for hydroxylation is 1. The van der Waals surface area contributed by atoms with Gasteiger partial charge in [-0.2, -0.15) is 0 Å². The van der Waals surface area contributed by atoms with Crippen molar-refractivity contribution in [2.45, 2.75) is 58.6 Å². The van der Waals surface area contributed by atoms with E-state index < -0.39 is 11.7 Å². The lowest BCUT2D eigenvalue weighted by molar-refractivity contribution is 0.0635. The Hall–Kier alpha value is -3.65. The number of carbonyl (C=O) groups is 2. The van der Waals surface area contributed by atoms with Crippen LogP contribution in [0.1, 0.15) is 55.3 Å². The van der Waals surface area contributed by atoms with Crippen LogP contribution >= 0.6 is 0 Å². The summed E-state index contributed by atoms with van der Waals surface area (Å²) < 4.78 is 10.8. The molecular formula is C29H36N4O4. The Labute approximate surface area is 218 Å². The van der Waals surface area contributed by atoms with E-state index in [4.69, 9.17) is 9.15 Å². The molecule has 37 heavy (non-hydrogen) atoms. The number of nitrogens with one attached hydrogen (secondary N) is 1. The molecule has 1 saturated heterocycles. The standard InChI is InChI=1S/C29H36N4O4/c1-21-11-12-26(30-20-21)33(27(34)25-10-7-19-36-25)23-14-17-32(18-15-23)16-13-22-8-5-6-9-24(22)31-28(35)37-29(2,3)4/h5-12,19-20,23H,13-18H2,1-4H3,(H,31,35). The summed E-state index contributed by atoms with van der Waals surface area (Å²) in [6.45, 7) is 10.1. The van der Waals surface area contributed by atoms with Gasteiger partial charge in [0.15, 0.2) is 5.76 Å². The molecule has 0 aliphatic carbocycles. The number of pyridine rings is 1. The predicted octanol–water partition coefficient (Wildman–Crippen LogP) is 5.68. The van der Waals surface area contributed by atoms with Crippen LogP contribution < -0.4 is 10.2 Å². The fraction of sp³-hybridized carbons (Fsp3) is 0.414. The summed E-state index contributed by atoms with van der Waals surface area (Å²) in [5.74, 6) is 0.799. The summed E-state index contributed by atoms with van der Waals surface area (Å²) in [6.07, 6.45) is 5.32. The third-order valence-electron chi connectivity index (χ3n) is 6.37. The fourth-order valence-electron chi connectivity index (χ4n) is 4.53. The Morgan fingerprint density at radius 2 is 1.86 bits per heavy atom. The highest BCUT2D eigenvalue weighted by Gasteiger charge is 2.31. The molecule has 1 aromatic carbocycles. The van der Waals surface area contributed by atoms with Crippen LogP contribution in [0.5, 0.6) is 0 Å². The van der Waals surface area contributed by atoms with Crippen molar-refractivity contribution in [2.75, 3.05) is 29.9 Å². The first-order valence-electron chi connectivity index (χ1n) is 12.8. The molecule has 1 N–H and O–H groups in total. The number of anilines is 2. The van der Waals surface area contributed by atoms with E-state index >= 15 is 0 Å². The topological polar surface area (TPSA) is 87.9 Å². The van der Waals surface area contributed by atoms with E-state index in [1.807, 2.05) is 64.1 Å². The lowest BCUT2D eigenvalue weighted by Gasteiger charge is -2.37. The Balaban J connectivity index is 1.37. The Morgan fingerprint density at radius 1 is 1.11 bits per heavy atom. The van der Waals surface area contributed by atoms with Crippen LogP contribution in [0.2, 0.25) is 0 Å². The van der Waals surface area contributed by atoms with Gasteiger partial charge in [0.2, 0.25) is 0 Å². The number of piperidine rings is 1. The van der Waals surface area contributed by atoms with E-state index in [1.54, 1.807) is 23.2 Å². The van der Waals surface area contributed by atoms with Gasteiger partial charge in [0, 0.05) is 37.6 Å². The average molecular weight is 505 g/mol. The molecule has 4 rings (SSSR count). The van der Waals surface area contributed by atoms with Gasteiger partial charge in [0.05, 0.1) is 6.26 Å². The third kappa shape index (κ3) is 7.20. The zero-order valence-electron chi connectivity index (χ0n) is 22.1. The summed E-state index contributed by atoms with van der Waals surface area (Å²) in [4.78, 5) is 34.3. The summed E-state index contributed by atoms with van der Waals surface area (Å²) in [5.41, 5.74) is 2.33. The van der Waals surface area contributed by atoms with Crippen molar-refractivity contribution in [3.63, 3.8) is 0 Å². The number of ether oxygens (including phenoxy) is 1. The van der Waals surface area contributed by atoms with Crippen LogP contribution in [0.4, 0.5) is 16.3 Å². The Kier molecular flexibility index (Phi) is 8.28. The zero-order valence-corrected chi connectivity index (χ0v) is 22.1. The largest absolute Gasteiger partial charge is 0.459 e. The number of aromatic nitrogens is 1. The molecule has 0 radical (unpaired) electrons. The summed E-state index contributed by atoms with van der Waals surface area (Å²) in [6, 6.07) is 15.2.